The number of methoxy groups -OCH3 is 2. The van der Waals surface area contributed by atoms with Crippen LogP contribution in [0.15, 0.2) is 42.5 Å². The number of ether oxygens (including phenoxy) is 2. The molecule has 2 aromatic carbocycles. The van der Waals surface area contributed by atoms with E-state index < -0.39 is 0 Å². The van der Waals surface area contributed by atoms with Crippen molar-refractivity contribution in [2.45, 2.75) is 26.2 Å². The molecule has 0 aliphatic rings. The monoisotopic (exact) mass is 384 g/mol. The number of benzene rings is 2. The van der Waals surface area contributed by atoms with Gasteiger partial charge in [0.05, 0.1) is 14.2 Å². The second kappa shape index (κ2) is 9.26. The Kier molecular flexibility index (Phi) is 7.04. The zero-order valence-electron chi connectivity index (χ0n) is 17.1. The summed E-state index contributed by atoms with van der Waals surface area (Å²) in [7, 11) is 3.06. The second-order valence-corrected chi connectivity index (χ2v) is 7.44. The summed E-state index contributed by atoms with van der Waals surface area (Å²) in [5, 5.41) is 5.58. The molecule has 0 spiro atoms. The van der Waals surface area contributed by atoms with Gasteiger partial charge < -0.3 is 20.1 Å². The van der Waals surface area contributed by atoms with Gasteiger partial charge in [0, 0.05) is 30.3 Å². The van der Waals surface area contributed by atoms with Gasteiger partial charge in [-0.2, -0.15) is 0 Å². The van der Waals surface area contributed by atoms with Crippen LogP contribution in [0.4, 0.5) is 0 Å². The van der Waals surface area contributed by atoms with Crippen molar-refractivity contribution in [3.8, 4) is 11.5 Å². The topological polar surface area (TPSA) is 76.7 Å². The highest BCUT2D eigenvalue weighted by molar-refractivity contribution is 5.95. The Morgan fingerprint density at radius 2 is 1.25 bits per heavy atom. The summed E-state index contributed by atoms with van der Waals surface area (Å²) in [5.41, 5.74) is 2.24. The Labute approximate surface area is 166 Å². The first-order valence-corrected chi connectivity index (χ1v) is 9.14. The molecular weight excluding hydrogens is 356 g/mol. The molecule has 2 amide bonds. The van der Waals surface area contributed by atoms with Crippen molar-refractivity contribution in [2.75, 3.05) is 27.3 Å². The van der Waals surface area contributed by atoms with Crippen LogP contribution < -0.4 is 20.1 Å². The predicted octanol–water partition coefficient (Wildman–Crippen LogP) is 3.16. The highest BCUT2D eigenvalue weighted by atomic mass is 16.5. The smallest absolute Gasteiger partial charge is 0.251 e. The van der Waals surface area contributed by atoms with Crippen molar-refractivity contribution in [3.63, 3.8) is 0 Å². The number of hydrogen-bond donors (Lipinski definition) is 2. The van der Waals surface area contributed by atoms with Gasteiger partial charge in [-0.1, -0.05) is 32.9 Å². The second-order valence-electron chi connectivity index (χ2n) is 7.44. The van der Waals surface area contributed by atoms with Gasteiger partial charge in [-0.15, -0.1) is 0 Å². The fraction of sp³-hybridized carbons (Fsp3) is 0.364. The lowest BCUT2D eigenvalue weighted by molar-refractivity contribution is 0.0927. The van der Waals surface area contributed by atoms with Crippen LogP contribution in [0, 0.1) is 0 Å². The molecule has 0 aliphatic heterocycles. The first-order chi connectivity index (χ1) is 13.2. The van der Waals surface area contributed by atoms with Crippen LogP contribution in [0.3, 0.4) is 0 Å². The van der Waals surface area contributed by atoms with E-state index in [0.717, 1.165) is 0 Å². The van der Waals surface area contributed by atoms with Crippen molar-refractivity contribution in [1.82, 2.24) is 10.6 Å². The molecule has 0 aliphatic carbocycles. The van der Waals surface area contributed by atoms with Gasteiger partial charge in [0.25, 0.3) is 11.8 Å². The summed E-state index contributed by atoms with van der Waals surface area (Å²) in [6, 6.07) is 12.5. The lowest BCUT2D eigenvalue weighted by Gasteiger charge is -2.19. The molecule has 0 unspecified atom stereocenters. The Balaban J connectivity index is 1.85. The number of hydrogen-bond acceptors (Lipinski definition) is 4. The minimum absolute atomic E-state index is 0.0437. The van der Waals surface area contributed by atoms with E-state index in [4.69, 9.17) is 9.47 Å². The van der Waals surface area contributed by atoms with E-state index in [2.05, 4.69) is 31.4 Å². The fourth-order valence-electron chi connectivity index (χ4n) is 2.62. The van der Waals surface area contributed by atoms with Crippen molar-refractivity contribution < 1.29 is 19.1 Å². The molecule has 2 rings (SSSR count). The number of rotatable bonds is 7. The summed E-state index contributed by atoms with van der Waals surface area (Å²) >= 11 is 0. The molecule has 2 aromatic rings. The standard InChI is InChI=1S/C22H28N2O4/c1-22(2,3)17-8-6-15(7-9-17)20(25)23-10-11-24-21(26)16-12-18(27-4)14-19(13-16)28-5/h6-9,12-14H,10-11H2,1-5H3,(H,23,25)(H,24,26). The molecule has 0 radical (unpaired) electrons. The Bertz CT molecular complexity index is 801. The number of carbonyl (C=O) groups is 2. The quantitative estimate of drug-likeness (QED) is 0.719. The number of nitrogens with one attached hydrogen (secondary N) is 2. The molecule has 6 heteroatoms. The van der Waals surface area contributed by atoms with Gasteiger partial charge in [0.1, 0.15) is 11.5 Å². The fourth-order valence-corrected chi connectivity index (χ4v) is 2.62. The molecule has 0 atom stereocenters. The first-order valence-electron chi connectivity index (χ1n) is 9.14. The Morgan fingerprint density at radius 3 is 1.68 bits per heavy atom. The maximum Gasteiger partial charge on any atom is 0.251 e. The maximum absolute atomic E-state index is 12.3. The van der Waals surface area contributed by atoms with Gasteiger partial charge in [-0.05, 0) is 35.2 Å². The van der Waals surface area contributed by atoms with Gasteiger partial charge in [0.2, 0.25) is 0 Å². The van der Waals surface area contributed by atoms with Crippen LogP contribution in [0.25, 0.3) is 0 Å². The molecule has 0 saturated heterocycles. The van der Waals surface area contributed by atoms with E-state index in [1.54, 1.807) is 18.2 Å². The molecule has 0 heterocycles. The molecule has 0 saturated carbocycles. The van der Waals surface area contributed by atoms with Crippen molar-refractivity contribution in [2.24, 2.45) is 0 Å². The average Bonchev–Trinajstić information content (AvgIpc) is 2.69. The molecule has 0 fully saturated rings. The summed E-state index contributed by atoms with van der Waals surface area (Å²) in [6.45, 7) is 7.02. The van der Waals surface area contributed by atoms with E-state index in [1.807, 2.05) is 24.3 Å². The van der Waals surface area contributed by atoms with Crippen LogP contribution in [-0.4, -0.2) is 39.1 Å². The molecule has 0 aromatic heterocycles. The summed E-state index contributed by atoms with van der Waals surface area (Å²) < 4.78 is 10.3. The van der Waals surface area contributed by atoms with E-state index >= 15 is 0 Å². The lowest BCUT2D eigenvalue weighted by Crippen LogP contribution is -2.34. The van der Waals surface area contributed by atoms with Crippen molar-refractivity contribution in [1.29, 1.82) is 0 Å². The van der Waals surface area contributed by atoms with Crippen molar-refractivity contribution >= 4 is 11.8 Å². The zero-order valence-corrected chi connectivity index (χ0v) is 17.1. The molecule has 150 valence electrons. The molecular formula is C22H28N2O4. The van der Waals surface area contributed by atoms with E-state index in [1.165, 1.54) is 19.8 Å². The van der Waals surface area contributed by atoms with Crippen LogP contribution in [-0.2, 0) is 5.41 Å². The summed E-state index contributed by atoms with van der Waals surface area (Å²) in [4.78, 5) is 24.5. The molecule has 0 bridgehead atoms. The van der Waals surface area contributed by atoms with Crippen LogP contribution in [0.1, 0.15) is 47.1 Å². The van der Waals surface area contributed by atoms with Gasteiger partial charge in [-0.3, -0.25) is 9.59 Å². The summed E-state index contributed by atoms with van der Waals surface area (Å²) in [6.07, 6.45) is 0. The SMILES string of the molecule is COc1cc(OC)cc(C(=O)NCCNC(=O)c2ccc(C(C)(C)C)cc2)c1. The van der Waals surface area contributed by atoms with Crippen LogP contribution in [0.2, 0.25) is 0 Å². The molecule has 28 heavy (non-hydrogen) atoms. The van der Waals surface area contributed by atoms with Gasteiger partial charge in [0.15, 0.2) is 0 Å². The van der Waals surface area contributed by atoms with Crippen LogP contribution >= 0.6 is 0 Å². The number of carbonyl (C=O) groups excluding carboxylic acids is 2. The average molecular weight is 384 g/mol. The predicted molar refractivity (Wildman–Crippen MR) is 109 cm³/mol. The molecule has 2 N–H and O–H groups in total. The lowest BCUT2D eigenvalue weighted by atomic mass is 9.87. The minimum Gasteiger partial charge on any atom is -0.497 e. The highest BCUT2D eigenvalue weighted by Gasteiger charge is 2.14. The van der Waals surface area contributed by atoms with Gasteiger partial charge in [-0.25, -0.2) is 0 Å². The van der Waals surface area contributed by atoms with E-state index in [0.29, 0.717) is 35.7 Å². The van der Waals surface area contributed by atoms with Crippen LogP contribution in [0.5, 0.6) is 11.5 Å². The molecule has 6 nitrogen and oxygen atoms in total. The van der Waals surface area contributed by atoms with E-state index in [-0.39, 0.29) is 17.2 Å². The summed E-state index contributed by atoms with van der Waals surface area (Å²) in [5.74, 6) is 0.645. The highest BCUT2D eigenvalue weighted by Crippen LogP contribution is 2.23. The van der Waals surface area contributed by atoms with Gasteiger partial charge >= 0.3 is 0 Å². The number of amides is 2. The van der Waals surface area contributed by atoms with Crippen molar-refractivity contribution in [3.05, 3.63) is 59.2 Å². The maximum atomic E-state index is 12.3. The normalized spacial score (nSPS) is 10.9. The minimum atomic E-state index is -0.263. The van der Waals surface area contributed by atoms with E-state index in [9.17, 15) is 9.59 Å². The Morgan fingerprint density at radius 1 is 0.786 bits per heavy atom. The third-order valence-corrected chi connectivity index (χ3v) is 4.32. The third kappa shape index (κ3) is 5.74. The first kappa shape index (κ1) is 21.3. The Hall–Kier alpha value is -3.02. The third-order valence-electron chi connectivity index (χ3n) is 4.32. The largest absolute Gasteiger partial charge is 0.497 e. The zero-order chi connectivity index (χ0) is 20.7.